The number of aliphatic hydroxyl groups is 1. The van der Waals surface area contributed by atoms with Crippen LogP contribution in [0.25, 0.3) is 0 Å². The fourth-order valence-corrected chi connectivity index (χ4v) is 5.31. The van der Waals surface area contributed by atoms with Crippen molar-refractivity contribution in [1.29, 1.82) is 0 Å². The van der Waals surface area contributed by atoms with Gasteiger partial charge >= 0.3 is 19.7 Å². The fraction of sp³-hybridized carbons (Fsp3) is 0.292. The normalized spacial score (nSPS) is 21.0. The Hall–Kier alpha value is -3.13. The molecule has 2 aromatic carbocycles. The topological polar surface area (TPSA) is 146 Å². The van der Waals surface area contributed by atoms with E-state index in [0.29, 0.717) is 14.6 Å². The average molecular weight is 639 g/mol. The van der Waals surface area contributed by atoms with E-state index in [-0.39, 0.29) is 17.7 Å². The number of hydrogen-bond acceptors (Lipinski definition) is 9. The maximum absolute atomic E-state index is 13.7. The lowest BCUT2D eigenvalue weighted by molar-refractivity contribution is -0.144. The number of phosphoric acid groups is 1. The summed E-state index contributed by atoms with van der Waals surface area (Å²) >= 11 is 11.7. The maximum Gasteiger partial charge on any atom is 0.587 e. The fourth-order valence-electron chi connectivity index (χ4n) is 3.84. The predicted molar refractivity (Wildman–Crippen MR) is 138 cm³/mol. The van der Waals surface area contributed by atoms with Gasteiger partial charge in [0, 0.05) is 22.7 Å². The van der Waals surface area contributed by atoms with Gasteiger partial charge in [0.2, 0.25) is 0 Å². The molecule has 3 aromatic rings. The van der Waals surface area contributed by atoms with E-state index in [1.165, 1.54) is 53.5 Å². The summed E-state index contributed by atoms with van der Waals surface area (Å²) in [7, 11) is -4.62. The molecule has 1 aliphatic rings. The van der Waals surface area contributed by atoms with Gasteiger partial charge in [0.1, 0.15) is 29.4 Å². The number of aromatic nitrogens is 2. The summed E-state index contributed by atoms with van der Waals surface area (Å²) in [5.41, 5.74) is -7.09. The highest BCUT2D eigenvalue weighted by molar-refractivity contribution is 7.49. The van der Waals surface area contributed by atoms with Crippen LogP contribution in [-0.2, 0) is 24.8 Å². The monoisotopic (exact) mass is 638 g/mol. The van der Waals surface area contributed by atoms with Crippen molar-refractivity contribution in [2.45, 2.75) is 37.5 Å². The molecule has 1 aromatic heterocycles. The molecule has 220 valence electrons. The Morgan fingerprint density at radius 3 is 2.07 bits per heavy atom. The second-order valence-corrected chi connectivity index (χ2v) is 11.2. The number of ketones is 1. The third-order valence-corrected chi connectivity index (χ3v) is 7.82. The van der Waals surface area contributed by atoms with Crippen LogP contribution >= 0.6 is 31.0 Å². The van der Waals surface area contributed by atoms with Crippen LogP contribution in [-0.4, -0.2) is 38.8 Å². The van der Waals surface area contributed by atoms with Crippen molar-refractivity contribution >= 4 is 36.8 Å². The number of ether oxygens (including phenoxy) is 1. The standard InChI is InChI=1S/C24H20Cl2F3N2O9P/c1-13(32)23(35)10-20(31-11-18(24(27,28)29)21(33)30-22(31)34)38-19(23)12-37-41(36,39-16-6-2-14(25)3-7-16)40-17-8-4-15(26)5-9-17/h2-9,11,19-20,35H,10,12H2,1H3,(H,30,33,34)/t19-,20-,23-/m1/s1. The van der Waals surface area contributed by atoms with Gasteiger partial charge in [-0.05, 0) is 55.5 Å². The van der Waals surface area contributed by atoms with Gasteiger partial charge in [0.25, 0.3) is 5.56 Å². The lowest BCUT2D eigenvalue weighted by Crippen LogP contribution is -2.47. The van der Waals surface area contributed by atoms with Gasteiger partial charge in [-0.15, -0.1) is 0 Å². The third kappa shape index (κ3) is 7.03. The number of nitrogens with one attached hydrogen (secondary N) is 1. The molecule has 1 aliphatic heterocycles. The molecule has 0 amide bonds. The minimum absolute atomic E-state index is 0.00165. The van der Waals surface area contributed by atoms with Crippen molar-refractivity contribution in [2.24, 2.45) is 0 Å². The maximum atomic E-state index is 13.7. The minimum atomic E-state index is -5.12. The number of Topliss-reactive ketones (excluding diaryl/α,β-unsaturated/α-hetero) is 1. The van der Waals surface area contributed by atoms with E-state index in [2.05, 4.69) is 0 Å². The highest BCUT2D eigenvalue weighted by atomic mass is 35.5. The summed E-state index contributed by atoms with van der Waals surface area (Å²) in [5, 5.41) is 11.8. The van der Waals surface area contributed by atoms with Gasteiger partial charge in [0.05, 0.1) is 6.61 Å². The number of rotatable bonds is 9. The van der Waals surface area contributed by atoms with Crippen LogP contribution in [0.15, 0.2) is 64.3 Å². The summed E-state index contributed by atoms with van der Waals surface area (Å²) < 4.78 is 75.8. The van der Waals surface area contributed by atoms with Gasteiger partial charge in [0.15, 0.2) is 11.4 Å². The second kappa shape index (κ2) is 11.6. The number of nitrogens with zero attached hydrogens (tertiary/aromatic N) is 1. The molecule has 2 heterocycles. The Balaban J connectivity index is 1.63. The van der Waals surface area contributed by atoms with Crippen molar-refractivity contribution in [1.82, 2.24) is 9.55 Å². The van der Waals surface area contributed by atoms with Crippen molar-refractivity contribution < 1.29 is 45.9 Å². The lowest BCUT2D eigenvalue weighted by atomic mass is 9.91. The number of benzene rings is 2. The first-order chi connectivity index (χ1) is 19.1. The molecule has 11 nitrogen and oxygen atoms in total. The Kier molecular flexibility index (Phi) is 8.74. The molecule has 0 bridgehead atoms. The minimum Gasteiger partial charge on any atom is -0.395 e. The van der Waals surface area contributed by atoms with E-state index in [0.717, 1.165) is 6.92 Å². The Morgan fingerprint density at radius 2 is 1.61 bits per heavy atom. The van der Waals surface area contributed by atoms with Gasteiger partial charge in [-0.2, -0.15) is 13.2 Å². The molecule has 0 aliphatic carbocycles. The van der Waals surface area contributed by atoms with E-state index in [4.69, 9.17) is 41.5 Å². The molecule has 3 atom stereocenters. The quantitative estimate of drug-likeness (QED) is 0.317. The van der Waals surface area contributed by atoms with Crippen LogP contribution in [0.2, 0.25) is 10.0 Å². The molecule has 1 fully saturated rings. The van der Waals surface area contributed by atoms with E-state index in [9.17, 15) is 37.2 Å². The third-order valence-electron chi connectivity index (χ3n) is 5.98. The van der Waals surface area contributed by atoms with E-state index >= 15 is 0 Å². The van der Waals surface area contributed by atoms with Gasteiger partial charge in [-0.3, -0.25) is 23.7 Å². The SMILES string of the molecule is CC(=O)[C@]1(O)C[C@H](n2cc(C(F)(F)F)c(=O)[nH]c2=O)O[C@@H]1COP(=O)(Oc1ccc(Cl)cc1)Oc1ccc(Cl)cc1. The Bertz CT molecular complexity index is 1540. The molecule has 0 unspecified atom stereocenters. The number of halogens is 5. The highest BCUT2D eigenvalue weighted by Crippen LogP contribution is 2.51. The summed E-state index contributed by atoms with van der Waals surface area (Å²) in [6.07, 6.45) is -8.94. The predicted octanol–water partition coefficient (Wildman–Crippen LogP) is 4.75. The van der Waals surface area contributed by atoms with Crippen molar-refractivity contribution in [3.05, 3.63) is 91.2 Å². The molecule has 17 heteroatoms. The number of phosphoric ester groups is 1. The van der Waals surface area contributed by atoms with E-state index < -0.39 is 67.6 Å². The number of carbonyl (C=O) groups is 1. The zero-order valence-electron chi connectivity index (χ0n) is 20.8. The van der Waals surface area contributed by atoms with Crippen molar-refractivity contribution in [3.63, 3.8) is 0 Å². The van der Waals surface area contributed by atoms with Crippen LogP contribution in [0.3, 0.4) is 0 Å². The Labute approximate surface area is 238 Å². The summed E-state index contributed by atoms with van der Waals surface area (Å²) in [4.78, 5) is 38.0. The zero-order chi connectivity index (χ0) is 30.2. The highest BCUT2D eigenvalue weighted by Gasteiger charge is 2.53. The summed E-state index contributed by atoms with van der Waals surface area (Å²) in [6, 6.07) is 11.2. The first-order valence-corrected chi connectivity index (χ1v) is 13.8. The first-order valence-electron chi connectivity index (χ1n) is 11.6. The molecule has 2 N–H and O–H groups in total. The van der Waals surface area contributed by atoms with Crippen LogP contribution < -0.4 is 20.3 Å². The van der Waals surface area contributed by atoms with Crippen molar-refractivity contribution in [3.8, 4) is 11.5 Å². The summed E-state index contributed by atoms with van der Waals surface area (Å²) in [6.45, 7) is 0.124. The van der Waals surface area contributed by atoms with Crippen molar-refractivity contribution in [2.75, 3.05) is 6.61 Å². The molecule has 0 spiro atoms. The smallest absolute Gasteiger partial charge is 0.395 e. The molecule has 1 saturated heterocycles. The number of carbonyl (C=O) groups excluding carboxylic acids is 1. The number of aromatic amines is 1. The Morgan fingerprint density at radius 1 is 1.10 bits per heavy atom. The van der Waals surface area contributed by atoms with Crippen LogP contribution in [0.1, 0.15) is 25.1 Å². The lowest BCUT2D eigenvalue weighted by Gasteiger charge is -2.26. The largest absolute Gasteiger partial charge is 0.587 e. The van der Waals surface area contributed by atoms with Gasteiger partial charge in [-0.25, -0.2) is 9.36 Å². The van der Waals surface area contributed by atoms with Gasteiger partial charge in [-0.1, -0.05) is 23.2 Å². The average Bonchev–Trinajstić information content (AvgIpc) is 3.22. The van der Waals surface area contributed by atoms with E-state index in [1.54, 1.807) is 0 Å². The number of H-pyrrole nitrogens is 1. The number of hydrogen-bond donors (Lipinski definition) is 2. The van der Waals surface area contributed by atoms with Crippen LogP contribution in [0, 0.1) is 0 Å². The molecule has 4 rings (SSSR count). The van der Waals surface area contributed by atoms with Crippen LogP contribution in [0.4, 0.5) is 13.2 Å². The molecule has 0 saturated carbocycles. The zero-order valence-corrected chi connectivity index (χ0v) is 23.2. The molecule has 41 heavy (non-hydrogen) atoms. The molecule has 0 radical (unpaired) electrons. The first kappa shape index (κ1) is 30.8. The van der Waals surface area contributed by atoms with E-state index in [1.807, 2.05) is 0 Å². The molecular weight excluding hydrogens is 619 g/mol. The summed E-state index contributed by atoms with van der Waals surface area (Å²) in [5.74, 6) is -0.898. The second-order valence-electron chi connectivity index (χ2n) is 8.80. The van der Waals surface area contributed by atoms with Gasteiger partial charge < -0.3 is 18.9 Å². The number of alkyl halides is 3. The van der Waals surface area contributed by atoms with Crippen LogP contribution in [0.5, 0.6) is 11.5 Å². The molecular formula is C24H20Cl2F3N2O9P.